The fraction of sp³-hybridized carbons (Fsp3) is 0.320. The van der Waals surface area contributed by atoms with E-state index >= 15 is 0 Å². The van der Waals surface area contributed by atoms with Crippen LogP contribution in [0.15, 0.2) is 53.1 Å². The van der Waals surface area contributed by atoms with E-state index < -0.39 is 36.2 Å². The van der Waals surface area contributed by atoms with Crippen LogP contribution in [0.2, 0.25) is 0 Å². The molecule has 1 aliphatic rings. The predicted octanol–water partition coefficient (Wildman–Crippen LogP) is 5.89. The largest absolute Gasteiger partial charge is 0.481 e. The number of aliphatic carboxylic acids is 1. The van der Waals surface area contributed by atoms with E-state index in [0.29, 0.717) is 35.4 Å². The van der Waals surface area contributed by atoms with Crippen molar-refractivity contribution in [1.82, 2.24) is 5.16 Å². The van der Waals surface area contributed by atoms with Crippen molar-refractivity contribution >= 4 is 11.8 Å². The molecule has 0 aliphatic heterocycles. The van der Waals surface area contributed by atoms with Crippen molar-refractivity contribution in [3.05, 3.63) is 65.4 Å². The SMILES string of the molecule is Cc1noc(-c2ccc(-c3ccc(C4(C(=O)O)CC4)cc3)cc2)c1CC(=O)CCC(F)(F)F. The van der Waals surface area contributed by atoms with Crippen molar-refractivity contribution in [3.63, 3.8) is 0 Å². The molecule has 0 saturated heterocycles. The molecule has 0 unspecified atom stereocenters. The Hall–Kier alpha value is -3.42. The summed E-state index contributed by atoms with van der Waals surface area (Å²) in [5.41, 5.74) is 3.50. The lowest BCUT2D eigenvalue weighted by molar-refractivity contribution is -0.143. The van der Waals surface area contributed by atoms with Gasteiger partial charge in [0.15, 0.2) is 5.76 Å². The molecule has 0 amide bonds. The first kappa shape index (κ1) is 22.8. The second-order valence-corrected chi connectivity index (χ2v) is 8.45. The highest BCUT2D eigenvalue weighted by molar-refractivity contribution is 5.85. The number of carboxylic acid groups (broad SMARTS) is 1. The van der Waals surface area contributed by atoms with Crippen molar-refractivity contribution in [2.75, 3.05) is 0 Å². The van der Waals surface area contributed by atoms with E-state index in [2.05, 4.69) is 5.16 Å². The van der Waals surface area contributed by atoms with E-state index in [1.165, 1.54) is 0 Å². The molecular formula is C25H22F3NO4. The number of aryl methyl sites for hydroxylation is 1. The van der Waals surface area contributed by atoms with E-state index in [1.807, 2.05) is 36.4 Å². The summed E-state index contributed by atoms with van der Waals surface area (Å²) >= 11 is 0. The van der Waals surface area contributed by atoms with Crippen LogP contribution in [0.3, 0.4) is 0 Å². The lowest BCUT2D eigenvalue weighted by Gasteiger charge is -2.11. The molecule has 0 radical (unpaired) electrons. The number of benzene rings is 2. The number of aromatic nitrogens is 1. The van der Waals surface area contributed by atoms with Gasteiger partial charge >= 0.3 is 12.1 Å². The molecule has 2 aromatic carbocycles. The zero-order valence-electron chi connectivity index (χ0n) is 17.9. The van der Waals surface area contributed by atoms with E-state index in [4.69, 9.17) is 4.52 Å². The molecule has 3 aromatic rings. The molecule has 1 N–H and O–H groups in total. The quantitative estimate of drug-likeness (QED) is 0.456. The molecule has 1 aromatic heterocycles. The summed E-state index contributed by atoms with van der Waals surface area (Å²) in [6.07, 6.45) is -4.97. The van der Waals surface area contributed by atoms with Crippen LogP contribution >= 0.6 is 0 Å². The summed E-state index contributed by atoms with van der Waals surface area (Å²) in [5, 5.41) is 13.3. The lowest BCUT2D eigenvalue weighted by Crippen LogP contribution is -2.19. The predicted molar refractivity (Wildman–Crippen MR) is 115 cm³/mol. The third-order valence-electron chi connectivity index (χ3n) is 6.12. The Bertz CT molecular complexity index is 1170. The van der Waals surface area contributed by atoms with E-state index in [9.17, 15) is 27.9 Å². The number of ketones is 1. The summed E-state index contributed by atoms with van der Waals surface area (Å²) in [4.78, 5) is 23.6. The molecule has 33 heavy (non-hydrogen) atoms. The van der Waals surface area contributed by atoms with Crippen LogP contribution in [0, 0.1) is 6.92 Å². The number of carboxylic acids is 1. The maximum absolute atomic E-state index is 12.4. The second-order valence-electron chi connectivity index (χ2n) is 8.45. The van der Waals surface area contributed by atoms with Gasteiger partial charge in [-0.05, 0) is 36.5 Å². The molecule has 1 saturated carbocycles. The second kappa shape index (κ2) is 8.50. The summed E-state index contributed by atoms with van der Waals surface area (Å²) < 4.78 is 42.6. The van der Waals surface area contributed by atoms with Gasteiger partial charge in [-0.2, -0.15) is 13.2 Å². The molecule has 1 aliphatic carbocycles. The van der Waals surface area contributed by atoms with E-state index in [-0.39, 0.29) is 6.42 Å². The molecule has 172 valence electrons. The van der Waals surface area contributed by atoms with Crippen molar-refractivity contribution < 1.29 is 32.4 Å². The van der Waals surface area contributed by atoms with Crippen LogP contribution in [-0.4, -0.2) is 28.2 Å². The van der Waals surface area contributed by atoms with Crippen LogP contribution < -0.4 is 0 Å². The number of alkyl halides is 3. The number of nitrogens with zero attached hydrogens (tertiary/aromatic N) is 1. The maximum atomic E-state index is 12.4. The zero-order chi connectivity index (χ0) is 23.8. The van der Waals surface area contributed by atoms with Gasteiger partial charge in [0.2, 0.25) is 0 Å². The average Bonchev–Trinajstić information content (AvgIpc) is 3.52. The molecular weight excluding hydrogens is 435 g/mol. The maximum Gasteiger partial charge on any atom is 0.389 e. The van der Waals surface area contributed by atoms with Crippen molar-refractivity contribution in [1.29, 1.82) is 0 Å². The Kier molecular flexibility index (Phi) is 5.86. The third-order valence-corrected chi connectivity index (χ3v) is 6.12. The number of carbonyl (C=O) groups excluding carboxylic acids is 1. The Balaban J connectivity index is 1.50. The standard InChI is InChI=1S/C25H22F3NO4/c1-15-21(14-20(30)10-11-25(26,27)28)22(33-29-15)18-4-2-16(3-5-18)17-6-8-19(9-7-17)24(12-13-24)23(31)32/h2-9H,10-14H2,1H3,(H,31,32). The minimum atomic E-state index is -4.37. The number of carbonyl (C=O) groups is 2. The first-order valence-electron chi connectivity index (χ1n) is 10.6. The molecule has 1 heterocycles. The van der Waals surface area contributed by atoms with E-state index in [1.54, 1.807) is 19.1 Å². The average molecular weight is 457 g/mol. The summed E-state index contributed by atoms with van der Waals surface area (Å²) in [5.74, 6) is -0.951. The lowest BCUT2D eigenvalue weighted by atomic mass is 9.93. The first-order valence-corrected chi connectivity index (χ1v) is 10.6. The summed E-state index contributed by atoms with van der Waals surface area (Å²) in [6, 6.07) is 14.8. The first-order chi connectivity index (χ1) is 15.6. The van der Waals surface area contributed by atoms with E-state index in [0.717, 1.165) is 16.7 Å². The Morgan fingerprint density at radius 3 is 2.06 bits per heavy atom. The van der Waals surface area contributed by atoms with Crippen molar-refractivity contribution in [2.45, 2.75) is 50.6 Å². The van der Waals surface area contributed by atoms with Crippen LogP contribution in [0.1, 0.15) is 42.5 Å². The number of halogens is 3. The number of Topliss-reactive ketones (excluding diaryl/α,β-unsaturated/α-hetero) is 1. The smallest absolute Gasteiger partial charge is 0.389 e. The van der Waals surface area contributed by atoms with Crippen LogP contribution in [-0.2, 0) is 21.4 Å². The highest BCUT2D eigenvalue weighted by Crippen LogP contribution is 2.48. The fourth-order valence-electron chi connectivity index (χ4n) is 3.94. The molecule has 1 fully saturated rings. The van der Waals surface area contributed by atoms with Gasteiger partial charge in [-0.1, -0.05) is 53.7 Å². The molecule has 8 heteroatoms. The number of rotatable bonds is 8. The zero-order valence-corrected chi connectivity index (χ0v) is 17.9. The summed E-state index contributed by atoms with van der Waals surface area (Å²) in [7, 11) is 0. The number of hydrogen-bond acceptors (Lipinski definition) is 4. The Labute approximate surface area is 188 Å². The van der Waals surface area contributed by atoms with Crippen molar-refractivity contribution in [3.8, 4) is 22.5 Å². The highest BCUT2D eigenvalue weighted by atomic mass is 19.4. The molecule has 5 nitrogen and oxygen atoms in total. The minimum Gasteiger partial charge on any atom is -0.481 e. The van der Waals surface area contributed by atoms with Crippen LogP contribution in [0.25, 0.3) is 22.5 Å². The van der Waals surface area contributed by atoms with Gasteiger partial charge in [0.05, 0.1) is 17.5 Å². The van der Waals surface area contributed by atoms with Gasteiger partial charge in [0.1, 0.15) is 5.78 Å². The van der Waals surface area contributed by atoms with Gasteiger partial charge in [0.25, 0.3) is 0 Å². The molecule has 0 atom stereocenters. The van der Waals surface area contributed by atoms with Crippen LogP contribution in [0.5, 0.6) is 0 Å². The van der Waals surface area contributed by atoms with Gasteiger partial charge < -0.3 is 9.63 Å². The van der Waals surface area contributed by atoms with Crippen molar-refractivity contribution in [2.24, 2.45) is 0 Å². The Morgan fingerprint density at radius 1 is 1.00 bits per heavy atom. The van der Waals surface area contributed by atoms with Gasteiger partial charge in [-0.25, -0.2) is 0 Å². The summed E-state index contributed by atoms with van der Waals surface area (Å²) in [6.45, 7) is 1.65. The molecule has 0 spiro atoms. The van der Waals surface area contributed by atoms with Gasteiger partial charge in [0, 0.05) is 24.0 Å². The fourth-order valence-corrected chi connectivity index (χ4v) is 3.94. The monoisotopic (exact) mass is 457 g/mol. The molecule has 0 bridgehead atoms. The third kappa shape index (κ3) is 4.84. The molecule has 4 rings (SSSR count). The van der Waals surface area contributed by atoms with Gasteiger partial charge in [-0.3, -0.25) is 9.59 Å². The normalized spacial score (nSPS) is 14.8. The van der Waals surface area contributed by atoms with Crippen LogP contribution in [0.4, 0.5) is 13.2 Å². The number of hydrogen-bond donors (Lipinski definition) is 1. The minimum absolute atomic E-state index is 0.171. The topological polar surface area (TPSA) is 80.4 Å². The highest BCUT2D eigenvalue weighted by Gasteiger charge is 2.51. The van der Waals surface area contributed by atoms with Gasteiger partial charge in [-0.15, -0.1) is 0 Å². The Morgan fingerprint density at radius 2 is 1.55 bits per heavy atom.